The molecule has 1 N–H and O–H groups in total. The molecule has 0 bridgehead atoms. The van der Waals surface area contributed by atoms with E-state index in [9.17, 15) is 9.90 Å². The van der Waals surface area contributed by atoms with Crippen LogP contribution in [0.1, 0.15) is 37.0 Å². The molecule has 1 aliphatic heterocycles. The number of aliphatic hydroxyl groups is 1. The van der Waals surface area contributed by atoms with Gasteiger partial charge in [-0.3, -0.25) is 4.79 Å². The van der Waals surface area contributed by atoms with Gasteiger partial charge in [-0.05, 0) is 49.5 Å². The molecule has 1 amide bonds. The smallest absolute Gasteiger partial charge is 0.222 e. The minimum atomic E-state index is 0.210. The van der Waals surface area contributed by atoms with Gasteiger partial charge in [-0.25, -0.2) is 0 Å². The van der Waals surface area contributed by atoms with Crippen LogP contribution < -0.4 is 0 Å². The van der Waals surface area contributed by atoms with Gasteiger partial charge in [0.25, 0.3) is 0 Å². The molecule has 0 aromatic carbocycles. The number of aryl methyl sites for hydroxylation is 1. The van der Waals surface area contributed by atoms with Crippen molar-refractivity contribution in [1.82, 2.24) is 4.90 Å². The van der Waals surface area contributed by atoms with E-state index in [0.29, 0.717) is 12.3 Å². The monoisotopic (exact) mass is 281 g/mol. The summed E-state index contributed by atoms with van der Waals surface area (Å²) in [5.41, 5.74) is 0. The molecule has 1 atom stereocenters. The number of likely N-dealkylation sites (tertiary alicyclic amines) is 1. The molecule has 0 spiro atoms. The second kappa shape index (κ2) is 7.65. The number of nitrogens with zero attached hydrogens (tertiary/aromatic N) is 1. The maximum Gasteiger partial charge on any atom is 0.222 e. The van der Waals surface area contributed by atoms with Crippen molar-refractivity contribution in [3.8, 4) is 0 Å². The first kappa shape index (κ1) is 14.5. The highest BCUT2D eigenvalue weighted by Crippen LogP contribution is 2.18. The first-order valence-corrected chi connectivity index (χ1v) is 8.08. The lowest BCUT2D eigenvalue weighted by atomic mass is 9.98. The van der Waals surface area contributed by atoms with Gasteiger partial charge < -0.3 is 10.0 Å². The highest BCUT2D eigenvalue weighted by Gasteiger charge is 2.22. The summed E-state index contributed by atoms with van der Waals surface area (Å²) in [4.78, 5) is 15.4. The number of thiophene rings is 1. The predicted molar refractivity (Wildman–Crippen MR) is 78.3 cm³/mol. The third-order valence-electron chi connectivity index (χ3n) is 3.77. The minimum absolute atomic E-state index is 0.210. The SMILES string of the molecule is O=C(CCCCc1cccs1)N1CCCC(CO)C1. The topological polar surface area (TPSA) is 40.5 Å². The Balaban J connectivity index is 1.63. The maximum absolute atomic E-state index is 12.1. The number of rotatable bonds is 6. The van der Waals surface area contributed by atoms with E-state index >= 15 is 0 Å². The van der Waals surface area contributed by atoms with Gasteiger partial charge in [-0.15, -0.1) is 11.3 Å². The Morgan fingerprint density at radius 3 is 3.11 bits per heavy atom. The van der Waals surface area contributed by atoms with Gasteiger partial charge in [0.1, 0.15) is 0 Å². The van der Waals surface area contributed by atoms with Crippen molar-refractivity contribution >= 4 is 17.2 Å². The molecule has 4 heteroatoms. The van der Waals surface area contributed by atoms with Crippen LogP contribution in [0, 0.1) is 5.92 Å². The van der Waals surface area contributed by atoms with Crippen LogP contribution in [0.25, 0.3) is 0 Å². The molecule has 0 saturated carbocycles. The zero-order chi connectivity index (χ0) is 13.5. The number of carbonyl (C=O) groups is 1. The fourth-order valence-corrected chi connectivity index (χ4v) is 3.38. The normalized spacial score (nSPS) is 19.6. The van der Waals surface area contributed by atoms with Crippen molar-refractivity contribution in [3.63, 3.8) is 0 Å². The number of hydrogen-bond donors (Lipinski definition) is 1. The Morgan fingerprint density at radius 1 is 1.47 bits per heavy atom. The third kappa shape index (κ3) is 4.62. The summed E-state index contributed by atoms with van der Waals surface area (Å²) in [5.74, 6) is 0.563. The summed E-state index contributed by atoms with van der Waals surface area (Å²) in [6.45, 7) is 1.84. The molecule has 3 nitrogen and oxygen atoms in total. The van der Waals surface area contributed by atoms with E-state index < -0.39 is 0 Å². The highest BCUT2D eigenvalue weighted by molar-refractivity contribution is 7.09. The average molecular weight is 281 g/mol. The fourth-order valence-electron chi connectivity index (χ4n) is 2.63. The molecule has 0 radical (unpaired) electrons. The molecular weight excluding hydrogens is 258 g/mol. The van der Waals surface area contributed by atoms with E-state index in [1.54, 1.807) is 11.3 Å². The zero-order valence-electron chi connectivity index (χ0n) is 11.4. The molecule has 2 rings (SSSR count). The van der Waals surface area contributed by atoms with E-state index in [2.05, 4.69) is 17.5 Å². The Hall–Kier alpha value is -0.870. The second-order valence-corrected chi connectivity index (χ2v) is 6.35. The third-order valence-corrected chi connectivity index (χ3v) is 4.71. The average Bonchev–Trinajstić information content (AvgIpc) is 2.96. The molecule has 19 heavy (non-hydrogen) atoms. The minimum Gasteiger partial charge on any atom is -0.396 e. The highest BCUT2D eigenvalue weighted by atomic mass is 32.1. The van der Waals surface area contributed by atoms with E-state index in [4.69, 9.17) is 0 Å². The standard InChI is InChI=1S/C15H23NO2S/c17-12-13-5-3-9-16(11-13)15(18)8-2-1-6-14-7-4-10-19-14/h4,7,10,13,17H,1-3,5-6,8-9,11-12H2. The fraction of sp³-hybridized carbons (Fsp3) is 0.667. The summed E-state index contributed by atoms with van der Waals surface area (Å²) in [7, 11) is 0. The molecule has 1 aromatic rings. The molecule has 106 valence electrons. The van der Waals surface area contributed by atoms with Crippen LogP contribution in [0.5, 0.6) is 0 Å². The maximum atomic E-state index is 12.1. The van der Waals surface area contributed by atoms with Crippen LogP contribution in [-0.4, -0.2) is 35.6 Å². The van der Waals surface area contributed by atoms with Gasteiger partial charge >= 0.3 is 0 Å². The van der Waals surface area contributed by atoms with Crippen LogP contribution >= 0.6 is 11.3 Å². The molecule has 1 saturated heterocycles. The van der Waals surface area contributed by atoms with Gasteiger partial charge in [0, 0.05) is 31.0 Å². The van der Waals surface area contributed by atoms with E-state index in [0.717, 1.165) is 45.2 Å². The molecular formula is C15H23NO2S. The van der Waals surface area contributed by atoms with Gasteiger partial charge in [0.2, 0.25) is 5.91 Å². The van der Waals surface area contributed by atoms with Crippen LogP contribution in [0.2, 0.25) is 0 Å². The molecule has 1 fully saturated rings. The number of hydrogen-bond acceptors (Lipinski definition) is 3. The largest absolute Gasteiger partial charge is 0.396 e. The Bertz CT molecular complexity index is 378. The van der Waals surface area contributed by atoms with Crippen LogP contribution in [0.15, 0.2) is 17.5 Å². The Kier molecular flexibility index (Phi) is 5.86. The van der Waals surface area contributed by atoms with Gasteiger partial charge in [-0.2, -0.15) is 0 Å². The lowest BCUT2D eigenvalue weighted by Gasteiger charge is -2.32. The van der Waals surface area contributed by atoms with Crippen LogP contribution in [0.4, 0.5) is 0 Å². The van der Waals surface area contributed by atoms with Gasteiger partial charge in [-0.1, -0.05) is 6.07 Å². The number of unbranched alkanes of at least 4 members (excludes halogenated alkanes) is 1. The Labute approximate surface area is 119 Å². The number of amides is 1. The summed E-state index contributed by atoms with van der Waals surface area (Å²) >= 11 is 1.79. The number of piperidine rings is 1. The van der Waals surface area contributed by atoms with Gasteiger partial charge in [0.05, 0.1) is 0 Å². The lowest BCUT2D eigenvalue weighted by Crippen LogP contribution is -2.40. The second-order valence-electron chi connectivity index (χ2n) is 5.32. The Morgan fingerprint density at radius 2 is 2.37 bits per heavy atom. The van der Waals surface area contributed by atoms with Crippen molar-refractivity contribution in [3.05, 3.63) is 22.4 Å². The summed E-state index contributed by atoms with van der Waals surface area (Å²) in [6, 6.07) is 4.23. The van der Waals surface area contributed by atoms with Crippen molar-refractivity contribution in [2.45, 2.75) is 38.5 Å². The van der Waals surface area contributed by atoms with E-state index in [-0.39, 0.29) is 12.5 Å². The quantitative estimate of drug-likeness (QED) is 0.814. The van der Waals surface area contributed by atoms with E-state index in [1.807, 2.05) is 4.90 Å². The van der Waals surface area contributed by atoms with Crippen molar-refractivity contribution in [2.75, 3.05) is 19.7 Å². The van der Waals surface area contributed by atoms with Crippen molar-refractivity contribution < 1.29 is 9.90 Å². The van der Waals surface area contributed by atoms with Crippen molar-refractivity contribution in [2.24, 2.45) is 5.92 Å². The van der Waals surface area contributed by atoms with Crippen LogP contribution in [-0.2, 0) is 11.2 Å². The summed E-state index contributed by atoms with van der Waals surface area (Å²) in [5, 5.41) is 11.3. The van der Waals surface area contributed by atoms with E-state index in [1.165, 1.54) is 4.88 Å². The zero-order valence-corrected chi connectivity index (χ0v) is 12.2. The molecule has 1 unspecified atom stereocenters. The number of carbonyl (C=O) groups excluding carboxylic acids is 1. The van der Waals surface area contributed by atoms with Crippen molar-refractivity contribution in [1.29, 1.82) is 0 Å². The first-order valence-electron chi connectivity index (χ1n) is 7.20. The van der Waals surface area contributed by atoms with Gasteiger partial charge in [0.15, 0.2) is 0 Å². The lowest BCUT2D eigenvalue weighted by molar-refractivity contribution is -0.133. The first-order chi connectivity index (χ1) is 9.29. The summed E-state index contributed by atoms with van der Waals surface area (Å²) in [6.07, 6.45) is 5.89. The molecule has 2 heterocycles. The number of aliphatic hydroxyl groups excluding tert-OH is 1. The van der Waals surface area contributed by atoms with Crippen LogP contribution in [0.3, 0.4) is 0 Å². The molecule has 0 aliphatic carbocycles. The summed E-state index contributed by atoms with van der Waals surface area (Å²) < 4.78 is 0. The molecule has 1 aromatic heterocycles. The molecule has 1 aliphatic rings. The predicted octanol–water partition coefficient (Wildman–Crippen LogP) is 2.69.